The van der Waals surface area contributed by atoms with Crippen molar-refractivity contribution in [2.75, 3.05) is 9.80 Å². The van der Waals surface area contributed by atoms with E-state index in [0.29, 0.717) is 0 Å². The van der Waals surface area contributed by atoms with Crippen molar-refractivity contribution in [3.63, 3.8) is 0 Å². The van der Waals surface area contributed by atoms with Crippen molar-refractivity contribution in [3.05, 3.63) is 277 Å². The summed E-state index contributed by atoms with van der Waals surface area (Å²) in [7, 11) is 0. The molecule has 0 N–H and O–H groups in total. The van der Waals surface area contributed by atoms with Gasteiger partial charge in [-0.15, -0.1) is 11.3 Å². The molecule has 15 rings (SSSR count). The molecule has 0 saturated heterocycles. The molecule has 1 atom stereocenters. The number of hydrogen-bond donors (Lipinski definition) is 0. The van der Waals surface area contributed by atoms with Gasteiger partial charge in [0.15, 0.2) is 0 Å². The van der Waals surface area contributed by atoms with Crippen molar-refractivity contribution in [3.8, 4) is 55.6 Å². The molecular formula is C67H42N2S. The molecule has 0 fully saturated rings. The summed E-state index contributed by atoms with van der Waals surface area (Å²) < 4.78 is 2.63. The molecule has 12 aromatic rings. The molecule has 1 aliphatic heterocycles. The fourth-order valence-electron chi connectivity index (χ4n) is 12.5. The first-order valence-electron chi connectivity index (χ1n) is 24.2. The average molecular weight is 907 g/mol. The first kappa shape index (κ1) is 39.3. The zero-order valence-electron chi connectivity index (χ0n) is 38.1. The Hall–Kier alpha value is -8.76. The quantitative estimate of drug-likeness (QED) is 0.174. The van der Waals surface area contributed by atoms with Crippen LogP contribution in [-0.4, -0.2) is 0 Å². The van der Waals surface area contributed by atoms with E-state index in [9.17, 15) is 0 Å². The number of fused-ring (bicyclic) bond motifs is 21. The van der Waals surface area contributed by atoms with E-state index in [0.717, 1.165) is 34.1 Å². The van der Waals surface area contributed by atoms with Crippen molar-refractivity contribution in [2.24, 2.45) is 0 Å². The third-order valence-electron chi connectivity index (χ3n) is 15.2. The summed E-state index contributed by atoms with van der Waals surface area (Å²) in [6, 6.07) is 95.3. The molecule has 2 heterocycles. The van der Waals surface area contributed by atoms with Crippen LogP contribution in [0.1, 0.15) is 22.3 Å². The number of para-hydroxylation sites is 4. The van der Waals surface area contributed by atoms with E-state index in [1.165, 1.54) is 98.1 Å². The minimum atomic E-state index is -0.673. The second-order valence-electron chi connectivity index (χ2n) is 18.7. The first-order chi connectivity index (χ1) is 34.8. The molecule has 3 heteroatoms. The zero-order chi connectivity index (χ0) is 45.9. The standard InChI is InChI=1S/C67H42N2S/c1-3-20-43(21-4-1)68(61-36-19-32-53-49-27-10-9-26-48(49)52-29-13-17-35-60(52)69(66(53)61)44-22-5-2-6-23-44)45-38-39-51-47-25-8-7-24-46(47)50-28-11-15-33-56(50)67(59(51)42-45)57-34-16-12-30-54(57)64-58(67)40-41-63-65(64)55-31-14-18-37-62(55)70-63/h1-42H. The highest BCUT2D eigenvalue weighted by Crippen LogP contribution is 2.64. The zero-order valence-corrected chi connectivity index (χ0v) is 38.9. The Morgan fingerprint density at radius 3 is 1.66 bits per heavy atom. The van der Waals surface area contributed by atoms with Gasteiger partial charge in [0.05, 0.1) is 22.5 Å². The lowest BCUT2D eigenvalue weighted by Gasteiger charge is -2.37. The molecule has 2 nitrogen and oxygen atoms in total. The van der Waals surface area contributed by atoms with Crippen LogP contribution in [0.2, 0.25) is 0 Å². The number of nitrogens with zero attached hydrogens (tertiary/aromatic N) is 2. The van der Waals surface area contributed by atoms with Crippen LogP contribution in [0.15, 0.2) is 255 Å². The molecule has 1 unspecified atom stereocenters. The van der Waals surface area contributed by atoms with Crippen LogP contribution in [-0.2, 0) is 5.41 Å². The van der Waals surface area contributed by atoms with Crippen LogP contribution in [0.3, 0.4) is 0 Å². The third-order valence-corrected chi connectivity index (χ3v) is 16.3. The van der Waals surface area contributed by atoms with E-state index in [1.54, 1.807) is 0 Å². The Kier molecular flexibility index (Phi) is 8.48. The van der Waals surface area contributed by atoms with E-state index >= 15 is 0 Å². The molecule has 0 bridgehead atoms. The molecule has 11 aromatic carbocycles. The third kappa shape index (κ3) is 5.38. The van der Waals surface area contributed by atoms with Crippen LogP contribution in [0.4, 0.5) is 34.1 Å². The van der Waals surface area contributed by atoms with Crippen LogP contribution < -0.4 is 9.80 Å². The van der Waals surface area contributed by atoms with Crippen molar-refractivity contribution < 1.29 is 0 Å². The van der Waals surface area contributed by atoms with Crippen molar-refractivity contribution >= 4 is 65.6 Å². The molecule has 0 amide bonds. The molecule has 1 spiro atoms. The van der Waals surface area contributed by atoms with Crippen LogP contribution in [0.5, 0.6) is 0 Å². The minimum absolute atomic E-state index is 0.673. The fraction of sp³-hybridized carbons (Fsp3) is 0.0149. The van der Waals surface area contributed by atoms with Crippen LogP contribution >= 0.6 is 11.3 Å². The Morgan fingerprint density at radius 2 is 0.900 bits per heavy atom. The lowest BCUT2D eigenvalue weighted by Crippen LogP contribution is -2.29. The summed E-state index contributed by atoms with van der Waals surface area (Å²) in [5.74, 6) is 0. The second-order valence-corrected chi connectivity index (χ2v) is 19.7. The maximum Gasteiger partial charge on any atom is 0.0781 e. The maximum atomic E-state index is 2.55. The van der Waals surface area contributed by atoms with Gasteiger partial charge in [-0.2, -0.15) is 0 Å². The number of benzene rings is 11. The van der Waals surface area contributed by atoms with E-state index in [1.807, 2.05) is 11.3 Å². The smallest absolute Gasteiger partial charge is 0.0781 e. The number of rotatable bonds is 4. The summed E-state index contributed by atoms with van der Waals surface area (Å²) in [5, 5.41) is 2.66. The first-order valence-corrected chi connectivity index (χ1v) is 25.0. The number of thiophene rings is 1. The van der Waals surface area contributed by atoms with Gasteiger partial charge in [0.1, 0.15) is 0 Å². The van der Waals surface area contributed by atoms with Gasteiger partial charge in [0.25, 0.3) is 0 Å². The van der Waals surface area contributed by atoms with Gasteiger partial charge in [0.2, 0.25) is 0 Å². The predicted octanol–water partition coefficient (Wildman–Crippen LogP) is 18.7. The molecular weight excluding hydrogens is 865 g/mol. The number of anilines is 6. The molecule has 0 saturated carbocycles. The molecule has 326 valence electrons. The van der Waals surface area contributed by atoms with Gasteiger partial charge in [-0.05, 0) is 127 Å². The average Bonchev–Trinajstić information content (AvgIpc) is 3.88. The van der Waals surface area contributed by atoms with E-state index in [2.05, 4.69) is 265 Å². The van der Waals surface area contributed by atoms with Crippen molar-refractivity contribution in [1.82, 2.24) is 0 Å². The molecule has 0 radical (unpaired) electrons. The van der Waals surface area contributed by atoms with Gasteiger partial charge in [-0.25, -0.2) is 0 Å². The molecule has 70 heavy (non-hydrogen) atoms. The Morgan fingerprint density at radius 1 is 0.343 bits per heavy atom. The summed E-state index contributed by atoms with van der Waals surface area (Å²) in [6.07, 6.45) is 0. The SMILES string of the molecule is c1ccc(N(c2ccc3c(c2)C2(c4ccccc4-c4ccccc4-3)c3ccccc3-c3c2ccc2sc4ccccc4c32)c2cccc3c2N(c2ccccc2)c2ccccc2-c2ccccc2-3)cc1. The fourth-order valence-corrected chi connectivity index (χ4v) is 13.6. The Labute approximate surface area is 411 Å². The van der Waals surface area contributed by atoms with Crippen molar-refractivity contribution in [1.29, 1.82) is 0 Å². The van der Waals surface area contributed by atoms with Gasteiger partial charge in [-0.3, -0.25) is 0 Å². The van der Waals surface area contributed by atoms with E-state index in [4.69, 9.17) is 0 Å². The summed E-state index contributed by atoms with van der Waals surface area (Å²) >= 11 is 1.90. The largest absolute Gasteiger partial charge is 0.308 e. The summed E-state index contributed by atoms with van der Waals surface area (Å²) in [4.78, 5) is 5.01. The molecule has 1 aromatic heterocycles. The molecule has 2 aliphatic carbocycles. The summed E-state index contributed by atoms with van der Waals surface area (Å²) in [6.45, 7) is 0. The van der Waals surface area contributed by atoms with Crippen LogP contribution in [0.25, 0.3) is 75.8 Å². The van der Waals surface area contributed by atoms with Gasteiger partial charge in [0, 0.05) is 48.4 Å². The topological polar surface area (TPSA) is 6.48 Å². The highest BCUT2D eigenvalue weighted by atomic mass is 32.1. The highest BCUT2D eigenvalue weighted by molar-refractivity contribution is 7.26. The van der Waals surface area contributed by atoms with Crippen LogP contribution in [0, 0.1) is 0 Å². The molecule has 3 aliphatic rings. The Balaban J connectivity index is 1.08. The predicted molar refractivity (Wildman–Crippen MR) is 295 cm³/mol. The minimum Gasteiger partial charge on any atom is -0.308 e. The highest BCUT2D eigenvalue weighted by Gasteiger charge is 2.50. The lowest BCUT2D eigenvalue weighted by atomic mass is 9.65. The van der Waals surface area contributed by atoms with E-state index < -0.39 is 5.41 Å². The van der Waals surface area contributed by atoms with E-state index in [-0.39, 0.29) is 0 Å². The van der Waals surface area contributed by atoms with Crippen molar-refractivity contribution in [2.45, 2.75) is 5.41 Å². The Bertz CT molecular complexity index is 4090. The summed E-state index contributed by atoms with van der Waals surface area (Å²) in [5.41, 5.74) is 23.6. The van der Waals surface area contributed by atoms with Gasteiger partial charge in [-0.1, -0.05) is 194 Å². The van der Waals surface area contributed by atoms with Gasteiger partial charge >= 0.3 is 0 Å². The monoisotopic (exact) mass is 906 g/mol. The maximum absolute atomic E-state index is 2.55. The number of hydrogen-bond acceptors (Lipinski definition) is 3. The second kappa shape index (κ2) is 15.1. The van der Waals surface area contributed by atoms with Gasteiger partial charge < -0.3 is 9.80 Å². The normalized spacial score (nSPS) is 14.6. The lowest BCUT2D eigenvalue weighted by molar-refractivity contribution is 0.776.